The average molecular weight is 464 g/mol. The van der Waals surface area contributed by atoms with E-state index in [0.717, 1.165) is 12.2 Å². The Morgan fingerprint density at radius 1 is 1.00 bits per heavy atom. The Balaban J connectivity index is 0.000000248. The number of carboxylic acids is 1. The molecule has 4 rings (SSSR count). The van der Waals surface area contributed by atoms with Crippen molar-refractivity contribution < 1.29 is 24.2 Å². The summed E-state index contributed by atoms with van der Waals surface area (Å²) in [5.41, 5.74) is 0.269. The Labute approximate surface area is 201 Å². The maximum absolute atomic E-state index is 12.3. The minimum Gasteiger partial charge on any atom is -0.497 e. The lowest BCUT2D eigenvalue weighted by atomic mass is 10.1. The predicted molar refractivity (Wildman–Crippen MR) is 134 cm³/mol. The number of hydrogen-bond acceptors (Lipinski definition) is 4. The molecule has 0 aromatic heterocycles. The summed E-state index contributed by atoms with van der Waals surface area (Å²) in [5.74, 6) is 1.27. The first-order chi connectivity index (χ1) is 16.3. The number of ether oxygens (including phenoxy) is 2. The fourth-order valence-corrected chi connectivity index (χ4v) is 4.05. The highest BCUT2D eigenvalue weighted by Gasteiger charge is 2.33. The van der Waals surface area contributed by atoms with E-state index in [1.165, 1.54) is 30.0 Å². The Morgan fingerprint density at radius 2 is 1.65 bits per heavy atom. The Morgan fingerprint density at radius 3 is 2.26 bits per heavy atom. The van der Waals surface area contributed by atoms with Gasteiger partial charge in [0, 0.05) is 18.9 Å². The van der Waals surface area contributed by atoms with Crippen LogP contribution < -0.4 is 9.47 Å². The molecule has 0 bridgehead atoms. The SMILES string of the molecule is CC(C)CC(=O)N1C[C@@H](Oc2ccc3ccccc3c2)C[C@H]1C.COc1ccc(C(=O)O)cc1. The predicted octanol–water partition coefficient (Wildman–Crippen LogP) is 5.65. The van der Waals surface area contributed by atoms with Crippen LogP contribution in [0.25, 0.3) is 10.8 Å². The summed E-state index contributed by atoms with van der Waals surface area (Å²) in [6.07, 6.45) is 1.60. The maximum atomic E-state index is 12.3. The van der Waals surface area contributed by atoms with Gasteiger partial charge in [-0.25, -0.2) is 4.79 Å². The van der Waals surface area contributed by atoms with Gasteiger partial charge in [-0.1, -0.05) is 44.2 Å². The molecule has 1 heterocycles. The third-order valence-electron chi connectivity index (χ3n) is 5.80. The molecule has 1 amide bonds. The van der Waals surface area contributed by atoms with Gasteiger partial charge in [-0.15, -0.1) is 0 Å². The smallest absolute Gasteiger partial charge is 0.335 e. The topological polar surface area (TPSA) is 76.1 Å². The van der Waals surface area contributed by atoms with Gasteiger partial charge in [0.15, 0.2) is 0 Å². The number of benzene rings is 3. The van der Waals surface area contributed by atoms with Crippen molar-refractivity contribution in [3.8, 4) is 11.5 Å². The largest absolute Gasteiger partial charge is 0.497 e. The molecule has 3 aromatic rings. The van der Waals surface area contributed by atoms with E-state index >= 15 is 0 Å². The standard InChI is InChI=1S/C20H25NO2.C8H8O3/c1-14(2)10-20(22)21-13-19(11-15(21)3)23-18-9-8-16-6-4-5-7-17(16)12-18;1-11-7-4-2-6(3-5-7)8(9)10/h4-9,12,14-15,19H,10-11,13H2,1-3H3;2-5H,1H3,(H,9,10)/t15-,19+;/m1./s1. The van der Waals surface area contributed by atoms with Crippen molar-refractivity contribution in [2.75, 3.05) is 13.7 Å². The lowest BCUT2D eigenvalue weighted by molar-refractivity contribution is -0.132. The monoisotopic (exact) mass is 463 g/mol. The van der Waals surface area contributed by atoms with Crippen molar-refractivity contribution in [3.63, 3.8) is 0 Å². The van der Waals surface area contributed by atoms with Crippen molar-refractivity contribution in [3.05, 3.63) is 72.3 Å². The van der Waals surface area contributed by atoms with Crippen molar-refractivity contribution in [2.24, 2.45) is 5.92 Å². The molecule has 0 spiro atoms. The van der Waals surface area contributed by atoms with Crippen LogP contribution >= 0.6 is 0 Å². The van der Waals surface area contributed by atoms with E-state index < -0.39 is 5.97 Å². The molecule has 0 unspecified atom stereocenters. The van der Waals surface area contributed by atoms with Crippen LogP contribution in [0.3, 0.4) is 0 Å². The molecular formula is C28H33NO5. The summed E-state index contributed by atoms with van der Waals surface area (Å²) >= 11 is 0. The molecule has 6 heteroatoms. The first-order valence-electron chi connectivity index (χ1n) is 11.6. The van der Waals surface area contributed by atoms with Crippen LogP contribution in [0.1, 0.15) is 44.0 Å². The third-order valence-corrected chi connectivity index (χ3v) is 5.80. The van der Waals surface area contributed by atoms with Gasteiger partial charge in [0.2, 0.25) is 5.91 Å². The van der Waals surface area contributed by atoms with Crippen molar-refractivity contribution in [1.82, 2.24) is 4.90 Å². The summed E-state index contributed by atoms with van der Waals surface area (Å²) in [4.78, 5) is 24.6. The number of methoxy groups -OCH3 is 1. The highest BCUT2D eigenvalue weighted by atomic mass is 16.5. The molecule has 3 aromatic carbocycles. The van der Waals surface area contributed by atoms with Gasteiger partial charge in [0.1, 0.15) is 17.6 Å². The number of hydrogen-bond donors (Lipinski definition) is 1. The third kappa shape index (κ3) is 6.73. The number of aromatic carboxylic acids is 1. The highest BCUT2D eigenvalue weighted by molar-refractivity contribution is 5.87. The number of carbonyl (C=O) groups is 2. The normalized spacial score (nSPS) is 17.3. The minimum absolute atomic E-state index is 0.0854. The summed E-state index contributed by atoms with van der Waals surface area (Å²) < 4.78 is 11.0. The summed E-state index contributed by atoms with van der Waals surface area (Å²) in [7, 11) is 1.54. The Hall–Kier alpha value is -3.54. The fourth-order valence-electron chi connectivity index (χ4n) is 4.05. The average Bonchev–Trinajstić information content (AvgIpc) is 3.19. The summed E-state index contributed by atoms with van der Waals surface area (Å²) in [5, 5.41) is 10.9. The van der Waals surface area contributed by atoms with E-state index in [2.05, 4.69) is 45.0 Å². The van der Waals surface area contributed by atoms with Crippen molar-refractivity contribution in [1.29, 1.82) is 0 Å². The molecule has 0 aliphatic carbocycles. The summed E-state index contributed by atoms with van der Waals surface area (Å²) in [6, 6.07) is 21.0. The molecule has 0 radical (unpaired) electrons. The molecule has 34 heavy (non-hydrogen) atoms. The van der Waals surface area contributed by atoms with Crippen LogP contribution in [0.4, 0.5) is 0 Å². The highest BCUT2D eigenvalue weighted by Crippen LogP contribution is 2.26. The molecule has 1 N–H and O–H groups in total. The molecule has 1 aliphatic rings. The Kier molecular flexibility index (Phi) is 8.52. The molecule has 180 valence electrons. The van der Waals surface area contributed by atoms with Crippen molar-refractivity contribution in [2.45, 2.75) is 45.8 Å². The summed E-state index contributed by atoms with van der Waals surface area (Å²) in [6.45, 7) is 6.98. The molecule has 1 saturated heterocycles. The van der Waals surface area contributed by atoms with E-state index in [1.807, 2.05) is 23.1 Å². The molecule has 1 fully saturated rings. The number of fused-ring (bicyclic) bond motifs is 1. The van der Waals surface area contributed by atoms with Gasteiger partial charge < -0.3 is 19.5 Å². The van der Waals surface area contributed by atoms with E-state index in [9.17, 15) is 9.59 Å². The van der Waals surface area contributed by atoms with E-state index in [0.29, 0.717) is 24.6 Å². The van der Waals surface area contributed by atoms with Crippen molar-refractivity contribution >= 4 is 22.6 Å². The second-order valence-electron chi connectivity index (χ2n) is 9.01. The van der Waals surface area contributed by atoms with Crippen LogP contribution in [0.2, 0.25) is 0 Å². The Bertz CT molecular complexity index is 1110. The first kappa shape index (κ1) is 25.1. The zero-order chi connectivity index (χ0) is 24.7. The number of carbonyl (C=O) groups excluding carboxylic acids is 1. The molecule has 0 saturated carbocycles. The first-order valence-corrected chi connectivity index (χ1v) is 11.6. The van der Waals surface area contributed by atoms with Crippen LogP contribution in [0.5, 0.6) is 11.5 Å². The molecule has 1 aliphatic heterocycles. The van der Waals surface area contributed by atoms with Gasteiger partial charge in [-0.2, -0.15) is 0 Å². The second-order valence-corrected chi connectivity index (χ2v) is 9.01. The number of amides is 1. The number of likely N-dealkylation sites (tertiary alicyclic amines) is 1. The molecule has 2 atom stereocenters. The van der Waals surface area contributed by atoms with Crippen LogP contribution in [0, 0.1) is 5.92 Å². The zero-order valence-electron chi connectivity index (χ0n) is 20.2. The molecular weight excluding hydrogens is 430 g/mol. The van der Waals surface area contributed by atoms with Crippen LogP contribution in [0.15, 0.2) is 66.7 Å². The number of nitrogens with zero attached hydrogens (tertiary/aromatic N) is 1. The lowest BCUT2D eigenvalue weighted by Gasteiger charge is -2.22. The van der Waals surface area contributed by atoms with Crippen LogP contribution in [-0.2, 0) is 4.79 Å². The quantitative estimate of drug-likeness (QED) is 0.511. The van der Waals surface area contributed by atoms with E-state index in [1.54, 1.807) is 12.1 Å². The van der Waals surface area contributed by atoms with Gasteiger partial charge in [-0.05, 0) is 60.0 Å². The number of carboxylic acid groups (broad SMARTS) is 1. The maximum Gasteiger partial charge on any atom is 0.335 e. The van der Waals surface area contributed by atoms with E-state index in [-0.39, 0.29) is 23.6 Å². The molecule has 6 nitrogen and oxygen atoms in total. The zero-order valence-corrected chi connectivity index (χ0v) is 20.2. The van der Waals surface area contributed by atoms with Gasteiger partial charge >= 0.3 is 5.97 Å². The van der Waals surface area contributed by atoms with Gasteiger partial charge in [0.25, 0.3) is 0 Å². The van der Waals surface area contributed by atoms with Crippen LogP contribution in [-0.4, -0.2) is 47.7 Å². The fraction of sp³-hybridized carbons (Fsp3) is 0.357. The van der Waals surface area contributed by atoms with Gasteiger partial charge in [-0.3, -0.25) is 4.79 Å². The second kappa shape index (κ2) is 11.5. The lowest BCUT2D eigenvalue weighted by Crippen LogP contribution is -2.35. The van der Waals surface area contributed by atoms with E-state index in [4.69, 9.17) is 14.6 Å². The minimum atomic E-state index is -0.923. The van der Waals surface area contributed by atoms with Gasteiger partial charge in [0.05, 0.1) is 19.2 Å². The number of rotatable bonds is 6.